The quantitative estimate of drug-likeness (QED) is 0.457. The lowest BCUT2D eigenvalue weighted by molar-refractivity contribution is 0.168. The fourth-order valence-corrected chi connectivity index (χ4v) is 4.30. The molecule has 0 amide bonds. The highest BCUT2D eigenvalue weighted by molar-refractivity contribution is 6.31. The molecule has 28 heavy (non-hydrogen) atoms. The number of ether oxygens (including phenoxy) is 1. The molecule has 1 atom stereocenters. The largest absolute Gasteiger partial charge is 0.463 e. The number of nitrogens with one attached hydrogen (secondary N) is 1. The van der Waals surface area contributed by atoms with E-state index in [1.807, 2.05) is 48.0 Å². The lowest BCUT2D eigenvalue weighted by Crippen LogP contribution is -2.23. The Labute approximate surface area is 165 Å². The Morgan fingerprint density at radius 2 is 2.07 bits per heavy atom. The van der Waals surface area contributed by atoms with Crippen LogP contribution in [0.4, 0.5) is 4.39 Å². The molecular weight excluding hydrogens is 377 g/mol. The average molecular weight is 394 g/mol. The number of halogens is 2. The van der Waals surface area contributed by atoms with E-state index in [2.05, 4.69) is 9.97 Å². The molecule has 1 aliphatic heterocycles. The lowest BCUT2D eigenvalue weighted by atomic mass is 10.1. The smallest absolute Gasteiger partial charge is 0.219 e. The van der Waals surface area contributed by atoms with Gasteiger partial charge in [-0.15, -0.1) is 0 Å². The number of benzene rings is 2. The van der Waals surface area contributed by atoms with Crippen molar-refractivity contribution in [1.82, 2.24) is 14.5 Å². The first-order valence-electron chi connectivity index (χ1n) is 9.41. The highest BCUT2D eigenvalue weighted by Crippen LogP contribution is 2.46. The SMILES string of the molecule is Cc1cc(F)c2c(c1)O[C@@H](c1cnc(C3CC3)[nH]1)n1c-2cc2cc(Cl)ccc21. The zero-order valence-electron chi connectivity index (χ0n) is 15.2. The van der Waals surface area contributed by atoms with E-state index in [1.165, 1.54) is 12.8 Å². The maximum Gasteiger partial charge on any atom is 0.219 e. The van der Waals surface area contributed by atoms with E-state index in [9.17, 15) is 4.39 Å². The molecule has 1 saturated carbocycles. The third-order valence-corrected chi connectivity index (χ3v) is 5.81. The van der Waals surface area contributed by atoms with Crippen molar-refractivity contribution in [1.29, 1.82) is 0 Å². The van der Waals surface area contributed by atoms with Crippen LogP contribution < -0.4 is 4.74 Å². The maximum atomic E-state index is 14.9. The molecule has 6 heteroatoms. The van der Waals surface area contributed by atoms with Crippen molar-refractivity contribution in [3.8, 4) is 17.0 Å². The van der Waals surface area contributed by atoms with Crippen LogP contribution in [-0.2, 0) is 0 Å². The Kier molecular flexibility index (Phi) is 3.24. The number of rotatable bonds is 2. The normalized spacial score (nSPS) is 18.0. The zero-order chi connectivity index (χ0) is 19.0. The molecule has 6 rings (SSSR count). The summed E-state index contributed by atoms with van der Waals surface area (Å²) in [5, 5.41) is 1.60. The summed E-state index contributed by atoms with van der Waals surface area (Å²) in [7, 11) is 0. The van der Waals surface area contributed by atoms with E-state index in [4.69, 9.17) is 16.3 Å². The molecule has 4 aromatic rings. The second kappa shape index (κ2) is 5.61. The summed E-state index contributed by atoms with van der Waals surface area (Å²) in [4.78, 5) is 7.99. The molecule has 0 radical (unpaired) electrons. The predicted molar refractivity (Wildman–Crippen MR) is 106 cm³/mol. The van der Waals surface area contributed by atoms with Crippen molar-refractivity contribution >= 4 is 22.5 Å². The Hall–Kier alpha value is -2.79. The molecule has 0 saturated heterocycles. The Morgan fingerprint density at radius 3 is 2.89 bits per heavy atom. The maximum absolute atomic E-state index is 14.9. The van der Waals surface area contributed by atoms with Crippen LogP contribution in [0.5, 0.6) is 5.75 Å². The van der Waals surface area contributed by atoms with Gasteiger partial charge in [0.1, 0.15) is 17.4 Å². The number of H-pyrrole nitrogens is 1. The average Bonchev–Trinajstić information content (AvgIpc) is 3.26. The Balaban J connectivity index is 1.62. The van der Waals surface area contributed by atoms with Gasteiger partial charge < -0.3 is 9.72 Å². The second-order valence-electron chi connectivity index (χ2n) is 7.69. The summed E-state index contributed by atoms with van der Waals surface area (Å²) in [6, 6.07) is 11.1. The molecule has 140 valence electrons. The monoisotopic (exact) mass is 393 g/mol. The third-order valence-electron chi connectivity index (χ3n) is 5.57. The van der Waals surface area contributed by atoms with Crippen LogP contribution in [0.2, 0.25) is 5.02 Å². The van der Waals surface area contributed by atoms with Gasteiger partial charge in [-0.3, -0.25) is 4.57 Å². The molecule has 3 heterocycles. The summed E-state index contributed by atoms with van der Waals surface area (Å²) in [6.45, 7) is 1.87. The molecule has 2 aromatic carbocycles. The fraction of sp³-hybridized carbons (Fsp3) is 0.227. The number of imidazole rings is 1. The van der Waals surface area contributed by atoms with E-state index >= 15 is 0 Å². The van der Waals surface area contributed by atoms with Crippen molar-refractivity contribution in [3.05, 3.63) is 70.5 Å². The van der Waals surface area contributed by atoms with Crippen LogP contribution in [0.1, 0.15) is 42.1 Å². The van der Waals surface area contributed by atoms with Crippen LogP contribution in [0.3, 0.4) is 0 Å². The van der Waals surface area contributed by atoms with E-state index in [0.717, 1.165) is 33.7 Å². The van der Waals surface area contributed by atoms with Gasteiger partial charge in [-0.25, -0.2) is 9.37 Å². The van der Waals surface area contributed by atoms with E-state index < -0.39 is 6.23 Å². The number of nitrogens with zero attached hydrogens (tertiary/aromatic N) is 2. The van der Waals surface area contributed by atoms with Crippen molar-refractivity contribution < 1.29 is 9.13 Å². The van der Waals surface area contributed by atoms with E-state index in [0.29, 0.717) is 22.3 Å². The van der Waals surface area contributed by atoms with Gasteiger partial charge in [0.05, 0.1) is 28.7 Å². The number of aryl methyl sites for hydroxylation is 1. The minimum absolute atomic E-state index is 0.285. The lowest BCUT2D eigenvalue weighted by Gasteiger charge is -2.29. The molecule has 2 aromatic heterocycles. The van der Waals surface area contributed by atoms with Gasteiger partial charge in [0, 0.05) is 16.3 Å². The Bertz CT molecular complexity index is 1250. The predicted octanol–water partition coefficient (Wildman–Crippen LogP) is 5.95. The molecule has 4 nitrogen and oxygen atoms in total. The Morgan fingerprint density at radius 1 is 1.21 bits per heavy atom. The second-order valence-corrected chi connectivity index (χ2v) is 8.13. The van der Waals surface area contributed by atoms with Crippen LogP contribution in [-0.4, -0.2) is 14.5 Å². The van der Waals surface area contributed by atoms with Gasteiger partial charge in [0.15, 0.2) is 0 Å². The van der Waals surface area contributed by atoms with E-state index in [-0.39, 0.29) is 5.82 Å². The summed E-state index contributed by atoms with van der Waals surface area (Å²) in [6.07, 6.45) is 3.73. The summed E-state index contributed by atoms with van der Waals surface area (Å²) in [5.41, 5.74) is 3.89. The van der Waals surface area contributed by atoms with Crippen molar-refractivity contribution in [3.63, 3.8) is 0 Å². The van der Waals surface area contributed by atoms with Crippen LogP contribution in [0.25, 0.3) is 22.2 Å². The van der Waals surface area contributed by atoms with Crippen molar-refractivity contribution in [2.24, 2.45) is 0 Å². The minimum Gasteiger partial charge on any atom is -0.463 e. The van der Waals surface area contributed by atoms with Crippen LogP contribution in [0.15, 0.2) is 42.6 Å². The first kappa shape index (κ1) is 16.2. The molecular formula is C22H17ClFN3O. The zero-order valence-corrected chi connectivity index (χ0v) is 15.9. The molecule has 1 N–H and O–H groups in total. The first-order valence-corrected chi connectivity index (χ1v) is 9.79. The first-order chi connectivity index (χ1) is 13.6. The molecule has 0 bridgehead atoms. The van der Waals surface area contributed by atoms with Gasteiger partial charge in [0.25, 0.3) is 0 Å². The molecule has 0 spiro atoms. The number of aromatic amines is 1. The van der Waals surface area contributed by atoms with Crippen molar-refractivity contribution in [2.75, 3.05) is 0 Å². The van der Waals surface area contributed by atoms with Crippen LogP contribution >= 0.6 is 11.6 Å². The summed E-state index contributed by atoms with van der Waals surface area (Å²) in [5.74, 6) is 1.78. The highest BCUT2D eigenvalue weighted by Gasteiger charge is 2.34. The standard InChI is InChI=1S/C22H17ClFN3O/c1-11-6-15(24)20-18-9-13-8-14(23)4-5-17(13)27(18)22(28-19(20)7-11)16-10-25-21(26-16)12-2-3-12/h4-10,12,22H,2-3H2,1H3,(H,25,26)/t22-/m0/s1. The van der Waals surface area contributed by atoms with E-state index in [1.54, 1.807) is 6.07 Å². The number of fused-ring (bicyclic) bond motifs is 5. The number of hydrogen-bond acceptors (Lipinski definition) is 2. The number of hydrogen-bond donors (Lipinski definition) is 1. The molecule has 1 fully saturated rings. The van der Waals surface area contributed by atoms with Gasteiger partial charge in [0.2, 0.25) is 6.23 Å². The summed E-state index contributed by atoms with van der Waals surface area (Å²) >= 11 is 6.20. The highest BCUT2D eigenvalue weighted by atomic mass is 35.5. The van der Waals surface area contributed by atoms with Crippen molar-refractivity contribution in [2.45, 2.75) is 31.9 Å². The molecule has 0 unspecified atom stereocenters. The minimum atomic E-state index is -0.442. The van der Waals surface area contributed by atoms with Gasteiger partial charge >= 0.3 is 0 Å². The molecule has 2 aliphatic rings. The fourth-order valence-electron chi connectivity index (χ4n) is 4.12. The summed E-state index contributed by atoms with van der Waals surface area (Å²) < 4.78 is 23.3. The number of aromatic nitrogens is 3. The third kappa shape index (κ3) is 2.32. The van der Waals surface area contributed by atoms with Gasteiger partial charge in [-0.1, -0.05) is 11.6 Å². The molecule has 1 aliphatic carbocycles. The topological polar surface area (TPSA) is 42.8 Å². The van der Waals surface area contributed by atoms with Gasteiger partial charge in [-0.2, -0.15) is 0 Å². The van der Waals surface area contributed by atoms with Gasteiger partial charge in [-0.05, 0) is 61.7 Å². The van der Waals surface area contributed by atoms with Crippen LogP contribution in [0, 0.1) is 12.7 Å².